The molecule has 2 aromatic rings. The predicted molar refractivity (Wildman–Crippen MR) is 112 cm³/mol. The number of carbonyl (C=O) groups excluding carboxylic acids is 2. The first-order valence-electron chi connectivity index (χ1n) is 9.59. The van der Waals surface area contributed by atoms with Crippen LogP contribution in [0, 0.1) is 12.8 Å². The second-order valence-electron chi connectivity index (χ2n) is 7.32. The smallest absolute Gasteiger partial charge is 0.314 e. The van der Waals surface area contributed by atoms with Crippen LogP contribution in [0.15, 0.2) is 48.5 Å². The van der Waals surface area contributed by atoms with Crippen LogP contribution in [0.5, 0.6) is 0 Å². The fourth-order valence-electron chi connectivity index (χ4n) is 3.15. The molecule has 0 spiro atoms. The molecule has 0 fully saturated rings. The lowest BCUT2D eigenvalue weighted by molar-refractivity contribution is -0.151. The van der Waals surface area contributed by atoms with Gasteiger partial charge in [0.1, 0.15) is 0 Å². The van der Waals surface area contributed by atoms with E-state index in [9.17, 15) is 9.59 Å². The van der Waals surface area contributed by atoms with Gasteiger partial charge in [0.25, 0.3) is 5.91 Å². The molecule has 0 radical (unpaired) electrons. The average molecular weight is 402 g/mol. The Morgan fingerprint density at radius 1 is 1.00 bits per heavy atom. The van der Waals surface area contributed by atoms with Gasteiger partial charge in [-0.3, -0.25) is 9.59 Å². The molecule has 0 aromatic heterocycles. The molecule has 0 aliphatic carbocycles. The topological polar surface area (TPSA) is 55.4 Å². The maximum atomic E-state index is 12.6. The van der Waals surface area contributed by atoms with Gasteiger partial charge in [-0.2, -0.15) is 0 Å². The van der Waals surface area contributed by atoms with E-state index in [1.807, 2.05) is 64.1 Å². The molecule has 0 aliphatic rings. The van der Waals surface area contributed by atoms with Gasteiger partial charge in [0, 0.05) is 5.02 Å². The summed E-state index contributed by atoms with van der Waals surface area (Å²) >= 11 is 5.93. The van der Waals surface area contributed by atoms with E-state index in [4.69, 9.17) is 16.3 Å². The molecule has 0 unspecified atom stereocenters. The monoisotopic (exact) mass is 401 g/mol. The summed E-state index contributed by atoms with van der Waals surface area (Å²) in [5.74, 6) is -1.12. The number of nitrogens with one attached hydrogen (secondary N) is 1. The summed E-state index contributed by atoms with van der Waals surface area (Å²) < 4.78 is 5.33. The summed E-state index contributed by atoms with van der Waals surface area (Å²) in [6.45, 7) is 7.63. The molecule has 4 nitrogen and oxygen atoms in total. The van der Waals surface area contributed by atoms with E-state index in [0.717, 1.165) is 17.5 Å². The Kier molecular flexibility index (Phi) is 8.06. The molecule has 1 amide bonds. The van der Waals surface area contributed by atoms with E-state index < -0.39 is 11.9 Å². The Morgan fingerprint density at radius 3 is 2.11 bits per heavy atom. The number of benzene rings is 2. The first kappa shape index (κ1) is 22.0. The van der Waals surface area contributed by atoms with Crippen molar-refractivity contribution in [2.75, 3.05) is 6.61 Å². The molecular formula is C23H28ClNO3. The van der Waals surface area contributed by atoms with Crippen LogP contribution in [0.3, 0.4) is 0 Å². The van der Waals surface area contributed by atoms with E-state index >= 15 is 0 Å². The second-order valence-corrected chi connectivity index (χ2v) is 7.76. The van der Waals surface area contributed by atoms with Gasteiger partial charge < -0.3 is 10.1 Å². The summed E-state index contributed by atoms with van der Waals surface area (Å²) in [6, 6.07) is 15.1. The third kappa shape index (κ3) is 6.10. The molecular weight excluding hydrogens is 374 g/mol. The Morgan fingerprint density at radius 2 is 1.57 bits per heavy atom. The van der Waals surface area contributed by atoms with Gasteiger partial charge >= 0.3 is 5.97 Å². The van der Waals surface area contributed by atoms with Gasteiger partial charge in [0.15, 0.2) is 6.61 Å². The van der Waals surface area contributed by atoms with Gasteiger partial charge in [-0.1, -0.05) is 74.3 Å². The molecule has 5 heteroatoms. The van der Waals surface area contributed by atoms with Crippen LogP contribution >= 0.6 is 11.6 Å². The van der Waals surface area contributed by atoms with Crippen LogP contribution in [0.4, 0.5) is 0 Å². The van der Waals surface area contributed by atoms with Crippen LogP contribution < -0.4 is 5.32 Å². The van der Waals surface area contributed by atoms with Crippen LogP contribution in [-0.2, 0) is 14.3 Å². The summed E-state index contributed by atoms with van der Waals surface area (Å²) in [5, 5.41) is 3.55. The third-order valence-corrected chi connectivity index (χ3v) is 4.97. The van der Waals surface area contributed by atoms with Crippen molar-refractivity contribution >= 4 is 23.5 Å². The van der Waals surface area contributed by atoms with Crippen molar-refractivity contribution in [3.63, 3.8) is 0 Å². The van der Waals surface area contributed by atoms with Gasteiger partial charge in [-0.15, -0.1) is 0 Å². The van der Waals surface area contributed by atoms with Crippen molar-refractivity contribution in [2.24, 2.45) is 5.92 Å². The van der Waals surface area contributed by atoms with E-state index in [1.165, 1.54) is 5.56 Å². The normalized spacial score (nSPS) is 13.1. The van der Waals surface area contributed by atoms with Crippen LogP contribution in [-0.4, -0.2) is 18.5 Å². The summed E-state index contributed by atoms with van der Waals surface area (Å²) in [6.07, 6.45) is 0.752. The highest BCUT2D eigenvalue weighted by Crippen LogP contribution is 2.27. The number of hydrogen-bond acceptors (Lipinski definition) is 3. The first-order valence-corrected chi connectivity index (χ1v) is 9.97. The number of rotatable bonds is 8. The zero-order valence-electron chi connectivity index (χ0n) is 16.9. The van der Waals surface area contributed by atoms with Crippen molar-refractivity contribution in [3.05, 3.63) is 70.2 Å². The Bertz CT molecular complexity index is 784. The Hall–Kier alpha value is -2.33. The lowest BCUT2D eigenvalue weighted by Crippen LogP contribution is -2.33. The zero-order chi connectivity index (χ0) is 20.7. The minimum absolute atomic E-state index is 0.0349. The molecule has 2 aromatic carbocycles. The second kappa shape index (κ2) is 10.3. The fraction of sp³-hybridized carbons (Fsp3) is 0.391. The number of amides is 1. The standard InChI is InChI=1S/C23H28ClNO3/c1-5-20(17-8-6-16(4)7-9-17)25-21(26)14-28-23(27)22(15(2)3)18-10-12-19(24)13-11-18/h6-13,15,20,22H,5,14H2,1-4H3,(H,25,26)/t20-,22-/m1/s1. The molecule has 1 N–H and O–H groups in total. The van der Waals surface area contributed by atoms with E-state index in [0.29, 0.717) is 5.02 Å². The van der Waals surface area contributed by atoms with Crippen LogP contribution in [0.25, 0.3) is 0 Å². The lowest BCUT2D eigenvalue weighted by atomic mass is 9.88. The number of hydrogen-bond donors (Lipinski definition) is 1. The fourth-order valence-corrected chi connectivity index (χ4v) is 3.27. The van der Waals surface area contributed by atoms with Crippen molar-refractivity contribution in [2.45, 2.75) is 46.1 Å². The SMILES string of the molecule is CC[C@@H](NC(=O)COC(=O)[C@@H](c1ccc(Cl)cc1)C(C)C)c1ccc(C)cc1. The van der Waals surface area contributed by atoms with Gasteiger partial charge in [-0.25, -0.2) is 0 Å². The predicted octanol–water partition coefficient (Wildman–Crippen LogP) is 5.20. The minimum atomic E-state index is -0.441. The van der Waals surface area contributed by atoms with Crippen LogP contribution in [0.1, 0.15) is 55.8 Å². The molecule has 0 saturated heterocycles. The largest absolute Gasteiger partial charge is 0.455 e. The van der Waals surface area contributed by atoms with Gasteiger partial charge in [-0.05, 0) is 42.5 Å². The average Bonchev–Trinajstić information content (AvgIpc) is 2.66. The highest BCUT2D eigenvalue weighted by Gasteiger charge is 2.26. The molecule has 2 rings (SSSR count). The highest BCUT2D eigenvalue weighted by molar-refractivity contribution is 6.30. The minimum Gasteiger partial charge on any atom is -0.455 e. The quantitative estimate of drug-likeness (QED) is 0.618. The zero-order valence-corrected chi connectivity index (χ0v) is 17.6. The van der Waals surface area contributed by atoms with E-state index in [1.54, 1.807) is 12.1 Å². The molecule has 0 saturated carbocycles. The highest BCUT2D eigenvalue weighted by atomic mass is 35.5. The number of esters is 1. The van der Waals surface area contributed by atoms with Crippen molar-refractivity contribution in [1.29, 1.82) is 0 Å². The molecule has 0 aliphatic heterocycles. The maximum Gasteiger partial charge on any atom is 0.314 e. The summed E-state index contributed by atoms with van der Waals surface area (Å²) in [5.41, 5.74) is 3.03. The third-order valence-electron chi connectivity index (χ3n) is 4.72. The number of ether oxygens (including phenoxy) is 1. The molecule has 28 heavy (non-hydrogen) atoms. The maximum absolute atomic E-state index is 12.6. The summed E-state index contributed by atoms with van der Waals surface area (Å²) in [7, 11) is 0. The number of aryl methyl sites for hydroxylation is 1. The van der Waals surface area contributed by atoms with E-state index in [-0.39, 0.29) is 24.5 Å². The van der Waals surface area contributed by atoms with Gasteiger partial charge in [0.2, 0.25) is 0 Å². The first-order chi connectivity index (χ1) is 13.3. The van der Waals surface area contributed by atoms with Crippen molar-refractivity contribution in [1.82, 2.24) is 5.32 Å². The molecule has 150 valence electrons. The Labute approximate surface area is 172 Å². The Balaban J connectivity index is 1.96. The van der Waals surface area contributed by atoms with Crippen LogP contribution in [0.2, 0.25) is 5.02 Å². The van der Waals surface area contributed by atoms with E-state index in [2.05, 4.69) is 5.32 Å². The van der Waals surface area contributed by atoms with Crippen molar-refractivity contribution < 1.29 is 14.3 Å². The molecule has 0 bridgehead atoms. The molecule has 2 atom stereocenters. The van der Waals surface area contributed by atoms with Crippen molar-refractivity contribution in [3.8, 4) is 0 Å². The van der Waals surface area contributed by atoms with Gasteiger partial charge in [0.05, 0.1) is 12.0 Å². The molecule has 0 heterocycles. The summed E-state index contributed by atoms with van der Waals surface area (Å²) in [4.78, 5) is 24.9. The number of halogens is 1. The number of carbonyl (C=O) groups is 2. The lowest BCUT2D eigenvalue weighted by Gasteiger charge is -2.21.